The van der Waals surface area contributed by atoms with Crippen molar-refractivity contribution >= 4 is 8.32 Å². The van der Waals surface area contributed by atoms with E-state index in [0.29, 0.717) is 5.75 Å². The lowest BCUT2D eigenvalue weighted by Crippen LogP contribution is -2.37. The molecule has 0 saturated heterocycles. The van der Waals surface area contributed by atoms with Gasteiger partial charge in [-0.3, -0.25) is 0 Å². The molecule has 0 fully saturated rings. The van der Waals surface area contributed by atoms with Crippen LogP contribution < -0.4 is 0 Å². The number of unbranched alkanes of at least 4 members (excludes halogenated alkanes) is 2. The maximum Gasteiger partial charge on any atom is 0.192 e. The van der Waals surface area contributed by atoms with Gasteiger partial charge in [-0.1, -0.05) is 51.7 Å². The molecule has 0 radical (unpaired) electrons. The highest BCUT2D eigenvalue weighted by Crippen LogP contribution is 2.28. The minimum atomic E-state index is -1.57. The minimum Gasteiger partial charge on any atom is -0.508 e. The second-order valence-corrected chi connectivity index (χ2v) is 10.0. The molecule has 0 unspecified atom stereocenters. The van der Waals surface area contributed by atoms with Crippen LogP contribution in [0.1, 0.15) is 45.1 Å². The lowest BCUT2D eigenvalue weighted by molar-refractivity contribution is 0.384. The van der Waals surface area contributed by atoms with Gasteiger partial charge in [0.1, 0.15) is 5.75 Å². The van der Waals surface area contributed by atoms with E-state index < -0.39 is 8.32 Å². The van der Waals surface area contributed by atoms with E-state index in [4.69, 9.17) is 4.43 Å². The van der Waals surface area contributed by atoms with E-state index in [1.807, 2.05) is 19.2 Å². The number of hydrogen-bond acceptors (Lipinski definition) is 2. The summed E-state index contributed by atoms with van der Waals surface area (Å²) < 4.78 is 6.08. The Hall–Kier alpha value is -0.803. The monoisotopic (exact) mass is 294 g/mol. The van der Waals surface area contributed by atoms with Crippen molar-refractivity contribution in [2.24, 2.45) is 0 Å². The van der Waals surface area contributed by atoms with Gasteiger partial charge in [0.2, 0.25) is 0 Å². The van der Waals surface area contributed by atoms with Crippen LogP contribution >= 0.6 is 0 Å². The number of rotatable bonds is 10. The number of hydrogen-bond donors (Lipinski definition) is 1. The first-order valence-corrected chi connectivity index (χ1v) is 10.5. The fourth-order valence-corrected chi connectivity index (χ4v) is 6.82. The number of benzene rings is 1. The summed E-state index contributed by atoms with van der Waals surface area (Å²) in [5, 5.41) is 9.35. The zero-order valence-electron chi connectivity index (χ0n) is 13.3. The van der Waals surface area contributed by atoms with Crippen LogP contribution in [0.25, 0.3) is 0 Å². The van der Waals surface area contributed by atoms with Crippen LogP contribution in [0.15, 0.2) is 24.3 Å². The van der Waals surface area contributed by atoms with Gasteiger partial charge in [0.05, 0.1) is 0 Å². The molecule has 2 nitrogen and oxygen atoms in total. The van der Waals surface area contributed by atoms with Crippen LogP contribution in [-0.4, -0.2) is 20.5 Å². The van der Waals surface area contributed by atoms with Gasteiger partial charge in [-0.2, -0.15) is 0 Å². The zero-order chi connectivity index (χ0) is 14.8. The van der Waals surface area contributed by atoms with Gasteiger partial charge in [-0.15, -0.1) is 0 Å². The van der Waals surface area contributed by atoms with Crippen molar-refractivity contribution in [3.8, 4) is 5.75 Å². The molecule has 1 aromatic carbocycles. The maximum absolute atomic E-state index is 9.35. The molecular formula is C17H30O2Si. The van der Waals surface area contributed by atoms with Gasteiger partial charge in [0.25, 0.3) is 0 Å². The molecule has 0 atom stereocenters. The predicted octanol–water partition coefficient (Wildman–Crippen LogP) is 5.13. The summed E-state index contributed by atoms with van der Waals surface area (Å²) in [5.41, 5.74) is 1.31. The molecule has 0 aliphatic carbocycles. The summed E-state index contributed by atoms with van der Waals surface area (Å²) in [5.74, 6) is 0.348. The van der Waals surface area contributed by atoms with E-state index in [2.05, 4.69) is 13.8 Å². The zero-order valence-corrected chi connectivity index (χ0v) is 14.3. The van der Waals surface area contributed by atoms with Gasteiger partial charge < -0.3 is 9.53 Å². The van der Waals surface area contributed by atoms with E-state index in [9.17, 15) is 5.11 Å². The molecule has 0 aromatic heterocycles. The first-order chi connectivity index (χ1) is 9.65. The summed E-state index contributed by atoms with van der Waals surface area (Å²) in [7, 11) is 0.355. The molecule has 0 aliphatic rings. The molecule has 0 aliphatic heterocycles. The van der Waals surface area contributed by atoms with Crippen molar-refractivity contribution in [1.29, 1.82) is 0 Å². The molecule has 1 aromatic rings. The average molecular weight is 295 g/mol. The Bertz CT molecular complexity index is 354. The van der Waals surface area contributed by atoms with Crippen LogP contribution in [0, 0.1) is 0 Å². The Morgan fingerprint density at radius 3 is 1.95 bits per heavy atom. The van der Waals surface area contributed by atoms with E-state index in [1.54, 1.807) is 12.1 Å². The highest BCUT2D eigenvalue weighted by atomic mass is 28.4. The molecule has 0 bridgehead atoms. The SMILES string of the molecule is CCCC[Si](CCCC)(CCc1ccc(O)cc1)OC. The summed E-state index contributed by atoms with van der Waals surface area (Å²) in [4.78, 5) is 0. The third-order valence-electron chi connectivity index (χ3n) is 4.21. The minimum absolute atomic E-state index is 0.348. The summed E-state index contributed by atoms with van der Waals surface area (Å²) in [6, 6.07) is 11.4. The van der Waals surface area contributed by atoms with Crippen LogP contribution in [0.3, 0.4) is 0 Å². The Labute approximate surface area is 125 Å². The number of phenolic OH excluding ortho intramolecular Hbond substituents is 1. The van der Waals surface area contributed by atoms with E-state index in [-0.39, 0.29) is 0 Å². The molecule has 0 saturated carbocycles. The summed E-state index contributed by atoms with van der Waals surface area (Å²) in [6.07, 6.45) is 6.17. The van der Waals surface area contributed by atoms with Crippen LogP contribution in [0.2, 0.25) is 18.1 Å². The standard InChI is InChI=1S/C17H30O2Si/c1-4-6-13-20(19-3,14-7-5-2)15-12-16-8-10-17(18)11-9-16/h8-11,18H,4-7,12-15H2,1-3H3. The first-order valence-electron chi connectivity index (χ1n) is 7.99. The third-order valence-corrected chi connectivity index (χ3v) is 8.77. The quantitative estimate of drug-likeness (QED) is 0.606. The largest absolute Gasteiger partial charge is 0.508 e. The fourth-order valence-electron chi connectivity index (χ4n) is 2.71. The summed E-state index contributed by atoms with van der Waals surface area (Å²) in [6.45, 7) is 4.52. The fraction of sp³-hybridized carbons (Fsp3) is 0.647. The Morgan fingerprint density at radius 2 is 1.50 bits per heavy atom. The molecule has 0 heterocycles. The molecule has 0 amide bonds. The van der Waals surface area contributed by atoms with Crippen molar-refractivity contribution in [2.45, 2.75) is 64.1 Å². The average Bonchev–Trinajstić information content (AvgIpc) is 2.49. The normalized spacial score (nSPS) is 11.8. The molecule has 0 spiro atoms. The molecule has 1 rings (SSSR count). The smallest absolute Gasteiger partial charge is 0.192 e. The molecule has 3 heteroatoms. The predicted molar refractivity (Wildman–Crippen MR) is 88.8 cm³/mol. The van der Waals surface area contributed by atoms with Gasteiger partial charge >= 0.3 is 0 Å². The maximum atomic E-state index is 9.35. The van der Waals surface area contributed by atoms with Crippen molar-refractivity contribution in [3.05, 3.63) is 29.8 Å². The summed E-state index contributed by atoms with van der Waals surface area (Å²) >= 11 is 0. The number of aryl methyl sites for hydroxylation is 1. The third kappa shape index (κ3) is 5.67. The molecular weight excluding hydrogens is 264 g/mol. The van der Waals surface area contributed by atoms with E-state index in [1.165, 1.54) is 49.4 Å². The van der Waals surface area contributed by atoms with Crippen molar-refractivity contribution in [3.63, 3.8) is 0 Å². The van der Waals surface area contributed by atoms with E-state index in [0.717, 1.165) is 6.42 Å². The van der Waals surface area contributed by atoms with Crippen molar-refractivity contribution in [2.75, 3.05) is 7.11 Å². The van der Waals surface area contributed by atoms with Crippen LogP contribution in [0.5, 0.6) is 5.75 Å². The highest BCUT2D eigenvalue weighted by molar-refractivity contribution is 6.73. The van der Waals surface area contributed by atoms with Gasteiger partial charge in [0, 0.05) is 7.11 Å². The van der Waals surface area contributed by atoms with Crippen molar-refractivity contribution < 1.29 is 9.53 Å². The lowest BCUT2D eigenvalue weighted by Gasteiger charge is -2.30. The Balaban J connectivity index is 2.64. The highest BCUT2D eigenvalue weighted by Gasteiger charge is 2.31. The van der Waals surface area contributed by atoms with Gasteiger partial charge in [-0.25, -0.2) is 0 Å². The topological polar surface area (TPSA) is 29.5 Å². The van der Waals surface area contributed by atoms with Crippen LogP contribution in [-0.2, 0) is 10.8 Å². The first kappa shape index (κ1) is 17.2. The second kappa shape index (κ2) is 9.19. The molecule has 114 valence electrons. The lowest BCUT2D eigenvalue weighted by atomic mass is 10.2. The Morgan fingerprint density at radius 1 is 0.950 bits per heavy atom. The number of phenols is 1. The molecule has 1 N–H and O–H groups in total. The van der Waals surface area contributed by atoms with E-state index >= 15 is 0 Å². The number of aromatic hydroxyl groups is 1. The van der Waals surface area contributed by atoms with Gasteiger partial charge in [0.15, 0.2) is 8.32 Å². The Kier molecular flexibility index (Phi) is 7.93. The van der Waals surface area contributed by atoms with Crippen molar-refractivity contribution in [1.82, 2.24) is 0 Å². The van der Waals surface area contributed by atoms with Crippen LogP contribution in [0.4, 0.5) is 0 Å². The second-order valence-electron chi connectivity index (χ2n) is 5.76. The molecule has 20 heavy (non-hydrogen) atoms. The van der Waals surface area contributed by atoms with Gasteiger partial charge in [-0.05, 0) is 42.2 Å².